The molecular formula is C23H24Cl2N6O. The van der Waals surface area contributed by atoms with Crippen molar-refractivity contribution in [3.05, 3.63) is 69.2 Å². The molecule has 0 radical (unpaired) electrons. The van der Waals surface area contributed by atoms with Gasteiger partial charge >= 0.3 is 0 Å². The predicted molar refractivity (Wildman–Crippen MR) is 128 cm³/mol. The van der Waals surface area contributed by atoms with E-state index >= 15 is 0 Å². The molecule has 0 fully saturated rings. The van der Waals surface area contributed by atoms with E-state index in [4.69, 9.17) is 33.9 Å². The Labute approximate surface area is 196 Å². The number of aromatic nitrogens is 3. The Hall–Kier alpha value is -2.90. The van der Waals surface area contributed by atoms with Gasteiger partial charge in [-0.05, 0) is 47.4 Å². The van der Waals surface area contributed by atoms with E-state index in [1.807, 2.05) is 12.1 Å². The molecule has 166 valence electrons. The molecule has 0 aliphatic heterocycles. The van der Waals surface area contributed by atoms with Crippen LogP contribution in [0.25, 0.3) is 0 Å². The summed E-state index contributed by atoms with van der Waals surface area (Å²) in [6.45, 7) is 4.82. The van der Waals surface area contributed by atoms with Crippen LogP contribution in [0.4, 0.5) is 17.3 Å². The second kappa shape index (κ2) is 8.92. The van der Waals surface area contributed by atoms with E-state index in [9.17, 15) is 4.79 Å². The van der Waals surface area contributed by atoms with E-state index in [0.717, 1.165) is 29.5 Å². The molecule has 0 unspecified atom stereocenters. The number of nitrogens with zero attached hydrogens (tertiary/aromatic N) is 3. The zero-order valence-electron chi connectivity index (χ0n) is 17.9. The molecule has 4 rings (SSSR count). The molecule has 3 aromatic rings. The maximum Gasteiger partial charge on any atom is 0.252 e. The lowest BCUT2D eigenvalue weighted by Gasteiger charge is -2.34. The number of nitrogens with one attached hydrogen (secondary N) is 2. The monoisotopic (exact) mass is 470 g/mol. The van der Waals surface area contributed by atoms with Crippen molar-refractivity contribution >= 4 is 46.4 Å². The number of hydrogen-bond donors (Lipinski definition) is 3. The molecule has 0 aromatic carbocycles. The van der Waals surface area contributed by atoms with Crippen molar-refractivity contribution in [2.45, 2.75) is 39.7 Å². The number of hydrogen-bond acceptors (Lipinski definition) is 6. The normalized spacial score (nSPS) is 14.5. The summed E-state index contributed by atoms with van der Waals surface area (Å²) in [7, 11) is 0. The lowest BCUT2D eigenvalue weighted by atomic mass is 9.73. The van der Waals surface area contributed by atoms with Gasteiger partial charge in [0.1, 0.15) is 11.6 Å². The van der Waals surface area contributed by atoms with Gasteiger partial charge in [0, 0.05) is 31.3 Å². The van der Waals surface area contributed by atoms with Crippen LogP contribution in [-0.2, 0) is 19.4 Å². The third kappa shape index (κ3) is 4.64. The van der Waals surface area contributed by atoms with Crippen molar-refractivity contribution < 1.29 is 4.79 Å². The van der Waals surface area contributed by atoms with E-state index in [1.54, 1.807) is 12.4 Å². The van der Waals surface area contributed by atoms with E-state index in [2.05, 4.69) is 34.4 Å². The summed E-state index contributed by atoms with van der Waals surface area (Å²) in [5.74, 6) is 0.512. The number of nitrogens with two attached hydrogens (primary N) is 1. The summed E-state index contributed by atoms with van der Waals surface area (Å²) in [6, 6.07) is 3.80. The van der Waals surface area contributed by atoms with E-state index in [0.29, 0.717) is 45.9 Å². The van der Waals surface area contributed by atoms with Crippen LogP contribution < -0.4 is 16.4 Å². The summed E-state index contributed by atoms with van der Waals surface area (Å²) < 4.78 is 0. The van der Waals surface area contributed by atoms with Gasteiger partial charge in [0.2, 0.25) is 0 Å². The van der Waals surface area contributed by atoms with Crippen LogP contribution in [0.2, 0.25) is 10.0 Å². The highest BCUT2D eigenvalue weighted by Gasteiger charge is 2.33. The van der Waals surface area contributed by atoms with Crippen LogP contribution in [0, 0.1) is 5.41 Å². The minimum Gasteiger partial charge on any atom is -0.365 e. The highest BCUT2D eigenvalue weighted by atomic mass is 35.5. The third-order valence-electron chi connectivity index (χ3n) is 5.65. The quantitative estimate of drug-likeness (QED) is 0.459. The second-order valence-corrected chi connectivity index (χ2v) is 9.48. The zero-order valence-corrected chi connectivity index (χ0v) is 19.4. The number of rotatable bonds is 6. The Kier molecular flexibility index (Phi) is 6.22. The highest BCUT2D eigenvalue weighted by Crippen LogP contribution is 2.42. The molecule has 1 aliphatic rings. The lowest BCUT2D eigenvalue weighted by Crippen LogP contribution is -2.28. The predicted octanol–water partition coefficient (Wildman–Crippen LogP) is 5.15. The van der Waals surface area contributed by atoms with Gasteiger partial charge in [-0.15, -0.1) is 0 Å². The van der Waals surface area contributed by atoms with Crippen LogP contribution in [0.5, 0.6) is 0 Å². The third-order valence-corrected chi connectivity index (χ3v) is 6.22. The number of carbonyl (C=O) groups is 1. The first-order chi connectivity index (χ1) is 15.2. The second-order valence-electron chi connectivity index (χ2n) is 8.66. The Morgan fingerprint density at radius 1 is 1.12 bits per heavy atom. The molecule has 0 saturated carbocycles. The Bertz CT molecular complexity index is 1150. The first kappa shape index (κ1) is 22.3. The standard InChI is InChI=1S/C23H24Cl2N6O/c1-23(2)6-5-14-15(8-23)18(20(26)32)22(29-10-13-4-3-7-27-9-13)31-21(14)30-19-16(24)11-28-12-17(19)25/h3-4,7,9,11-12H,5-6,8,10H2,1-2H3,(H2,26,32)(H2,28,29,30,31). The van der Waals surface area contributed by atoms with Gasteiger partial charge in [0.25, 0.3) is 5.91 Å². The SMILES string of the molecule is CC1(C)CCc2c(Nc3c(Cl)cncc3Cl)nc(NCc3cccnc3)c(C(N)=O)c2C1. The van der Waals surface area contributed by atoms with Gasteiger partial charge < -0.3 is 16.4 Å². The van der Waals surface area contributed by atoms with Crippen molar-refractivity contribution in [1.29, 1.82) is 0 Å². The number of pyridine rings is 3. The lowest BCUT2D eigenvalue weighted by molar-refractivity contribution is 0.0999. The van der Waals surface area contributed by atoms with Crippen molar-refractivity contribution in [2.24, 2.45) is 11.1 Å². The van der Waals surface area contributed by atoms with Crippen LogP contribution in [0.3, 0.4) is 0 Å². The topological polar surface area (TPSA) is 106 Å². The maximum absolute atomic E-state index is 12.6. The van der Waals surface area contributed by atoms with Gasteiger partial charge in [-0.3, -0.25) is 14.8 Å². The first-order valence-corrected chi connectivity index (χ1v) is 11.0. The molecule has 0 atom stereocenters. The fraction of sp³-hybridized carbons (Fsp3) is 0.304. The Morgan fingerprint density at radius 2 is 1.88 bits per heavy atom. The molecule has 3 heterocycles. The number of carbonyl (C=O) groups excluding carboxylic acids is 1. The number of halogens is 2. The average molecular weight is 471 g/mol. The van der Waals surface area contributed by atoms with Crippen molar-refractivity contribution in [3.8, 4) is 0 Å². The summed E-state index contributed by atoms with van der Waals surface area (Å²) in [6.07, 6.45) is 8.92. The molecule has 0 saturated heterocycles. The molecule has 4 N–H and O–H groups in total. The first-order valence-electron chi connectivity index (χ1n) is 10.3. The number of amides is 1. The van der Waals surface area contributed by atoms with Gasteiger partial charge in [-0.1, -0.05) is 43.1 Å². The minimum absolute atomic E-state index is 0.0302. The summed E-state index contributed by atoms with van der Waals surface area (Å²) in [4.78, 5) is 25.5. The van der Waals surface area contributed by atoms with Crippen LogP contribution >= 0.6 is 23.2 Å². The molecule has 7 nitrogen and oxygen atoms in total. The van der Waals surface area contributed by atoms with Crippen LogP contribution in [0.1, 0.15) is 47.3 Å². The van der Waals surface area contributed by atoms with Crippen LogP contribution in [0.15, 0.2) is 36.9 Å². The smallest absolute Gasteiger partial charge is 0.252 e. The van der Waals surface area contributed by atoms with Crippen molar-refractivity contribution in [1.82, 2.24) is 15.0 Å². The van der Waals surface area contributed by atoms with Gasteiger partial charge in [-0.25, -0.2) is 4.98 Å². The van der Waals surface area contributed by atoms with Gasteiger partial charge in [0.05, 0.1) is 21.3 Å². The number of fused-ring (bicyclic) bond motifs is 1. The molecule has 9 heteroatoms. The summed E-state index contributed by atoms with van der Waals surface area (Å²) in [5, 5.41) is 7.32. The largest absolute Gasteiger partial charge is 0.365 e. The maximum atomic E-state index is 12.6. The fourth-order valence-electron chi connectivity index (χ4n) is 4.00. The molecule has 32 heavy (non-hydrogen) atoms. The minimum atomic E-state index is -0.508. The molecule has 3 aromatic heterocycles. The Balaban J connectivity index is 1.83. The average Bonchev–Trinajstić information content (AvgIpc) is 2.74. The molecule has 0 spiro atoms. The molecule has 0 bridgehead atoms. The Morgan fingerprint density at radius 3 is 2.53 bits per heavy atom. The molecule has 1 aliphatic carbocycles. The number of anilines is 3. The molecular weight excluding hydrogens is 447 g/mol. The zero-order chi connectivity index (χ0) is 22.9. The van der Waals surface area contributed by atoms with Crippen molar-refractivity contribution in [3.63, 3.8) is 0 Å². The van der Waals surface area contributed by atoms with E-state index in [-0.39, 0.29) is 5.41 Å². The van der Waals surface area contributed by atoms with E-state index < -0.39 is 5.91 Å². The fourth-order valence-corrected chi connectivity index (χ4v) is 4.46. The van der Waals surface area contributed by atoms with Crippen LogP contribution in [-0.4, -0.2) is 20.9 Å². The highest BCUT2D eigenvalue weighted by molar-refractivity contribution is 6.39. The van der Waals surface area contributed by atoms with Gasteiger partial charge in [-0.2, -0.15) is 0 Å². The van der Waals surface area contributed by atoms with Crippen molar-refractivity contribution in [2.75, 3.05) is 10.6 Å². The van der Waals surface area contributed by atoms with Gasteiger partial charge in [0.15, 0.2) is 0 Å². The summed E-state index contributed by atoms with van der Waals surface area (Å²) >= 11 is 12.7. The van der Waals surface area contributed by atoms with E-state index in [1.165, 1.54) is 12.4 Å². The number of primary amides is 1. The summed E-state index contributed by atoms with van der Waals surface area (Å²) in [5.41, 5.74) is 9.63. The molecule has 1 amide bonds.